The van der Waals surface area contributed by atoms with Crippen molar-refractivity contribution in [1.29, 1.82) is 0 Å². The second kappa shape index (κ2) is 5.72. The van der Waals surface area contributed by atoms with Gasteiger partial charge in [0, 0.05) is 18.5 Å². The number of carbonyl (C=O) groups is 1. The lowest BCUT2D eigenvalue weighted by Gasteiger charge is -2.06. The van der Waals surface area contributed by atoms with Crippen LogP contribution in [0.15, 0.2) is 16.7 Å². The number of carboxylic acid groups (broad SMARTS) is 1. The number of rotatable bonds is 6. The zero-order valence-corrected chi connectivity index (χ0v) is 8.88. The molecule has 0 aromatic carbocycles. The summed E-state index contributed by atoms with van der Waals surface area (Å²) < 4.78 is 40.1. The van der Waals surface area contributed by atoms with Crippen LogP contribution in [0.4, 0.5) is 13.2 Å². The van der Waals surface area contributed by atoms with E-state index >= 15 is 0 Å². The standard InChI is InChI=1S/C10H12F3NO3/c11-10(12,13)3-1-4-14-6-7-2-5-17-8(7)9(15)16/h2,5,14H,1,3-4,6H2,(H,15,16). The van der Waals surface area contributed by atoms with E-state index < -0.39 is 18.6 Å². The minimum atomic E-state index is -4.15. The molecule has 0 spiro atoms. The number of halogens is 3. The van der Waals surface area contributed by atoms with Crippen molar-refractivity contribution in [3.63, 3.8) is 0 Å². The molecule has 96 valence electrons. The van der Waals surface area contributed by atoms with E-state index in [0.717, 1.165) is 0 Å². The average Bonchev–Trinajstić information content (AvgIpc) is 2.63. The predicted molar refractivity (Wildman–Crippen MR) is 52.7 cm³/mol. The molecule has 0 aliphatic heterocycles. The molecule has 0 unspecified atom stereocenters. The third-order valence-corrected chi connectivity index (χ3v) is 2.07. The Morgan fingerprint density at radius 3 is 2.76 bits per heavy atom. The highest BCUT2D eigenvalue weighted by Crippen LogP contribution is 2.20. The van der Waals surface area contributed by atoms with Gasteiger partial charge in [0.25, 0.3) is 0 Å². The Balaban J connectivity index is 2.27. The van der Waals surface area contributed by atoms with Gasteiger partial charge >= 0.3 is 12.1 Å². The van der Waals surface area contributed by atoms with Gasteiger partial charge in [0.2, 0.25) is 5.76 Å². The van der Waals surface area contributed by atoms with Crippen molar-refractivity contribution < 1.29 is 27.5 Å². The number of aromatic carboxylic acids is 1. The Morgan fingerprint density at radius 2 is 2.18 bits per heavy atom. The van der Waals surface area contributed by atoms with Crippen LogP contribution in [-0.4, -0.2) is 23.8 Å². The Morgan fingerprint density at radius 1 is 1.47 bits per heavy atom. The third kappa shape index (κ3) is 4.90. The summed E-state index contributed by atoms with van der Waals surface area (Å²) in [4.78, 5) is 10.6. The number of hydrogen-bond acceptors (Lipinski definition) is 3. The van der Waals surface area contributed by atoms with Crippen LogP contribution in [0.2, 0.25) is 0 Å². The van der Waals surface area contributed by atoms with E-state index in [2.05, 4.69) is 5.32 Å². The quantitative estimate of drug-likeness (QED) is 0.762. The zero-order chi connectivity index (χ0) is 12.9. The van der Waals surface area contributed by atoms with E-state index in [1.807, 2.05) is 0 Å². The molecule has 0 fully saturated rings. The summed E-state index contributed by atoms with van der Waals surface area (Å²) in [5.74, 6) is -1.38. The SMILES string of the molecule is O=C(O)c1occc1CNCCCC(F)(F)F. The molecular weight excluding hydrogens is 239 g/mol. The predicted octanol–water partition coefficient (Wildman–Crippen LogP) is 2.41. The number of furan rings is 1. The summed E-state index contributed by atoms with van der Waals surface area (Å²) in [6, 6.07) is 1.47. The summed E-state index contributed by atoms with van der Waals surface area (Å²) in [6.45, 7) is 0.347. The molecule has 0 aliphatic rings. The van der Waals surface area contributed by atoms with E-state index in [0.29, 0.717) is 5.56 Å². The van der Waals surface area contributed by atoms with E-state index in [4.69, 9.17) is 9.52 Å². The molecule has 0 radical (unpaired) electrons. The first-order valence-corrected chi connectivity index (χ1v) is 4.97. The molecule has 2 N–H and O–H groups in total. The molecule has 0 aliphatic carbocycles. The van der Waals surface area contributed by atoms with Crippen LogP contribution < -0.4 is 5.32 Å². The van der Waals surface area contributed by atoms with Crippen LogP contribution in [0.3, 0.4) is 0 Å². The van der Waals surface area contributed by atoms with Crippen molar-refractivity contribution in [2.75, 3.05) is 6.54 Å². The van der Waals surface area contributed by atoms with Crippen LogP contribution in [0, 0.1) is 0 Å². The van der Waals surface area contributed by atoms with Crippen molar-refractivity contribution >= 4 is 5.97 Å². The topological polar surface area (TPSA) is 62.5 Å². The van der Waals surface area contributed by atoms with Crippen molar-refractivity contribution in [1.82, 2.24) is 5.32 Å². The lowest BCUT2D eigenvalue weighted by Crippen LogP contribution is -2.18. The Labute approximate surface area is 95.4 Å². The first kappa shape index (κ1) is 13.6. The van der Waals surface area contributed by atoms with E-state index in [1.54, 1.807) is 0 Å². The van der Waals surface area contributed by atoms with Gasteiger partial charge in [-0.25, -0.2) is 4.79 Å². The van der Waals surface area contributed by atoms with E-state index in [-0.39, 0.29) is 25.3 Å². The van der Waals surface area contributed by atoms with Gasteiger partial charge in [-0.2, -0.15) is 13.2 Å². The maximum absolute atomic E-state index is 11.8. The number of hydrogen-bond donors (Lipinski definition) is 2. The summed E-state index contributed by atoms with van der Waals surface area (Å²) >= 11 is 0. The minimum Gasteiger partial charge on any atom is -0.475 e. The molecule has 17 heavy (non-hydrogen) atoms. The Hall–Kier alpha value is -1.50. The second-order valence-electron chi connectivity index (χ2n) is 3.48. The van der Waals surface area contributed by atoms with Gasteiger partial charge in [-0.3, -0.25) is 0 Å². The number of carboxylic acids is 1. The first-order chi connectivity index (χ1) is 7.90. The summed E-state index contributed by atoms with van der Waals surface area (Å²) in [5, 5.41) is 11.4. The van der Waals surface area contributed by atoms with Crippen molar-refractivity contribution in [3.8, 4) is 0 Å². The molecule has 1 aromatic rings. The highest BCUT2D eigenvalue weighted by Gasteiger charge is 2.25. The van der Waals surface area contributed by atoms with Gasteiger partial charge in [-0.15, -0.1) is 0 Å². The Bertz CT molecular complexity index is 373. The maximum atomic E-state index is 11.8. The van der Waals surface area contributed by atoms with Crippen LogP contribution in [0.5, 0.6) is 0 Å². The molecule has 0 atom stereocenters. The van der Waals surface area contributed by atoms with Crippen molar-refractivity contribution in [2.45, 2.75) is 25.6 Å². The van der Waals surface area contributed by atoms with Crippen LogP contribution in [0.1, 0.15) is 29.0 Å². The molecule has 7 heteroatoms. The normalized spacial score (nSPS) is 11.7. The van der Waals surface area contributed by atoms with Gasteiger partial charge < -0.3 is 14.8 Å². The zero-order valence-electron chi connectivity index (χ0n) is 8.88. The number of alkyl halides is 3. The van der Waals surface area contributed by atoms with E-state index in [1.165, 1.54) is 12.3 Å². The van der Waals surface area contributed by atoms with Crippen LogP contribution in [0.25, 0.3) is 0 Å². The average molecular weight is 251 g/mol. The second-order valence-corrected chi connectivity index (χ2v) is 3.48. The largest absolute Gasteiger partial charge is 0.475 e. The lowest BCUT2D eigenvalue weighted by atomic mass is 10.2. The van der Waals surface area contributed by atoms with Gasteiger partial charge in [0.05, 0.1) is 6.26 Å². The van der Waals surface area contributed by atoms with Gasteiger partial charge in [-0.05, 0) is 19.0 Å². The minimum absolute atomic E-state index is 0.0379. The lowest BCUT2D eigenvalue weighted by molar-refractivity contribution is -0.135. The molecular formula is C10H12F3NO3. The molecule has 4 nitrogen and oxygen atoms in total. The van der Waals surface area contributed by atoms with Crippen LogP contribution >= 0.6 is 0 Å². The molecule has 1 aromatic heterocycles. The molecule has 0 saturated heterocycles. The number of nitrogens with one attached hydrogen (secondary N) is 1. The summed E-state index contributed by atoms with van der Waals surface area (Å²) in [6.07, 6.45) is -3.80. The third-order valence-electron chi connectivity index (χ3n) is 2.07. The monoisotopic (exact) mass is 251 g/mol. The molecule has 1 heterocycles. The van der Waals surface area contributed by atoms with E-state index in [9.17, 15) is 18.0 Å². The highest BCUT2D eigenvalue weighted by atomic mass is 19.4. The van der Waals surface area contributed by atoms with Gasteiger partial charge in [-0.1, -0.05) is 0 Å². The van der Waals surface area contributed by atoms with Gasteiger partial charge in [0.15, 0.2) is 0 Å². The summed E-state index contributed by atoms with van der Waals surface area (Å²) in [5.41, 5.74) is 0.421. The highest BCUT2D eigenvalue weighted by molar-refractivity contribution is 5.86. The maximum Gasteiger partial charge on any atom is 0.389 e. The fraction of sp³-hybridized carbons (Fsp3) is 0.500. The first-order valence-electron chi connectivity index (χ1n) is 4.97. The Kier molecular flexibility index (Phi) is 4.56. The van der Waals surface area contributed by atoms with Crippen LogP contribution in [-0.2, 0) is 6.54 Å². The van der Waals surface area contributed by atoms with Crippen molar-refractivity contribution in [3.05, 3.63) is 23.7 Å². The molecule has 0 amide bonds. The summed E-state index contributed by atoms with van der Waals surface area (Å²) in [7, 11) is 0. The fourth-order valence-corrected chi connectivity index (χ4v) is 1.30. The molecule has 0 bridgehead atoms. The molecule has 0 saturated carbocycles. The fourth-order valence-electron chi connectivity index (χ4n) is 1.30. The van der Waals surface area contributed by atoms with Crippen molar-refractivity contribution in [2.24, 2.45) is 0 Å². The smallest absolute Gasteiger partial charge is 0.389 e. The van der Waals surface area contributed by atoms with Gasteiger partial charge in [0.1, 0.15) is 0 Å². The molecule has 1 rings (SSSR count).